The standard InChI is InChI=1S/C38H27NO/c40-38(28-12-4-1-5-13-28)29-22-20-27(21-23-29)37-34-19-11-10-18-33(34)36-26-32(24-25-35(36)37)39(30-14-6-2-7-15-30)31-16-8-3-9-17-31/h1-26,37H. The molecule has 6 aromatic rings. The molecule has 1 unspecified atom stereocenters. The Morgan fingerprint density at radius 2 is 0.975 bits per heavy atom. The summed E-state index contributed by atoms with van der Waals surface area (Å²) in [5, 5.41) is 0. The predicted molar refractivity (Wildman–Crippen MR) is 164 cm³/mol. The monoisotopic (exact) mass is 513 g/mol. The largest absolute Gasteiger partial charge is 0.310 e. The summed E-state index contributed by atoms with van der Waals surface area (Å²) in [6.07, 6.45) is 0. The molecule has 7 rings (SSSR count). The van der Waals surface area contributed by atoms with Crippen LogP contribution in [0.2, 0.25) is 0 Å². The predicted octanol–water partition coefficient (Wildman–Crippen LogP) is 9.55. The van der Waals surface area contributed by atoms with Gasteiger partial charge in [0.05, 0.1) is 0 Å². The summed E-state index contributed by atoms with van der Waals surface area (Å²) in [5.41, 5.74) is 11.1. The maximum absolute atomic E-state index is 13.0. The number of benzene rings is 6. The Morgan fingerprint density at radius 1 is 0.450 bits per heavy atom. The van der Waals surface area contributed by atoms with Crippen LogP contribution >= 0.6 is 0 Å². The highest BCUT2D eigenvalue weighted by Gasteiger charge is 2.30. The summed E-state index contributed by atoms with van der Waals surface area (Å²) < 4.78 is 0. The Hall–Kier alpha value is -5.21. The summed E-state index contributed by atoms with van der Waals surface area (Å²) >= 11 is 0. The van der Waals surface area contributed by atoms with Gasteiger partial charge in [-0.1, -0.05) is 121 Å². The number of nitrogens with zero attached hydrogens (tertiary/aromatic N) is 1. The summed E-state index contributed by atoms with van der Waals surface area (Å²) in [6.45, 7) is 0. The molecule has 2 nitrogen and oxygen atoms in total. The van der Waals surface area contributed by atoms with Crippen LogP contribution in [0, 0.1) is 0 Å². The first-order chi connectivity index (χ1) is 19.8. The number of carbonyl (C=O) groups excluding carboxylic acids is 1. The molecule has 1 aliphatic rings. The van der Waals surface area contributed by atoms with E-state index in [2.05, 4.69) is 120 Å². The van der Waals surface area contributed by atoms with Crippen LogP contribution < -0.4 is 4.90 Å². The zero-order valence-electron chi connectivity index (χ0n) is 21.9. The van der Waals surface area contributed by atoms with Crippen LogP contribution in [-0.4, -0.2) is 5.78 Å². The highest BCUT2D eigenvalue weighted by atomic mass is 16.1. The zero-order valence-corrected chi connectivity index (χ0v) is 21.9. The molecule has 0 saturated heterocycles. The Bertz CT molecular complexity index is 1750. The smallest absolute Gasteiger partial charge is 0.193 e. The SMILES string of the molecule is O=C(c1ccccc1)c1ccc(C2c3ccccc3-c3cc(N(c4ccccc4)c4ccccc4)ccc32)cc1. The lowest BCUT2D eigenvalue weighted by molar-refractivity contribution is 0.103. The van der Waals surface area contributed by atoms with Gasteiger partial charge in [-0.2, -0.15) is 0 Å². The third-order valence-electron chi connectivity index (χ3n) is 7.74. The minimum atomic E-state index is 0.0472. The van der Waals surface area contributed by atoms with Crippen LogP contribution in [0.15, 0.2) is 158 Å². The fourth-order valence-electron chi connectivity index (χ4n) is 5.87. The number of rotatable bonds is 6. The lowest BCUT2D eigenvalue weighted by Crippen LogP contribution is -2.10. The van der Waals surface area contributed by atoms with Crippen molar-refractivity contribution in [2.24, 2.45) is 0 Å². The van der Waals surface area contributed by atoms with Gasteiger partial charge >= 0.3 is 0 Å². The second-order valence-corrected chi connectivity index (χ2v) is 10.1. The van der Waals surface area contributed by atoms with Gasteiger partial charge in [-0.15, -0.1) is 0 Å². The van der Waals surface area contributed by atoms with Crippen molar-refractivity contribution >= 4 is 22.8 Å². The number of para-hydroxylation sites is 2. The van der Waals surface area contributed by atoms with Crippen molar-refractivity contribution in [3.05, 3.63) is 186 Å². The number of hydrogen-bond donors (Lipinski definition) is 0. The molecule has 0 aromatic heterocycles. The minimum Gasteiger partial charge on any atom is -0.310 e. The molecule has 0 saturated carbocycles. The molecule has 0 spiro atoms. The molecule has 1 atom stereocenters. The van der Waals surface area contributed by atoms with Gasteiger partial charge < -0.3 is 4.90 Å². The maximum Gasteiger partial charge on any atom is 0.193 e. The van der Waals surface area contributed by atoms with Gasteiger partial charge in [0, 0.05) is 34.1 Å². The molecule has 6 aromatic carbocycles. The van der Waals surface area contributed by atoms with Crippen molar-refractivity contribution in [3.63, 3.8) is 0 Å². The first-order valence-corrected chi connectivity index (χ1v) is 13.6. The van der Waals surface area contributed by atoms with Gasteiger partial charge in [0.1, 0.15) is 0 Å². The van der Waals surface area contributed by atoms with Gasteiger partial charge in [-0.3, -0.25) is 4.79 Å². The van der Waals surface area contributed by atoms with E-state index < -0.39 is 0 Å². The summed E-state index contributed by atoms with van der Waals surface area (Å²) in [7, 11) is 0. The Labute approximate surface area is 234 Å². The van der Waals surface area contributed by atoms with Gasteiger partial charge in [0.15, 0.2) is 5.78 Å². The fourth-order valence-corrected chi connectivity index (χ4v) is 5.87. The summed E-state index contributed by atoms with van der Waals surface area (Å²) in [5.74, 6) is 0.161. The molecule has 0 fully saturated rings. The average Bonchev–Trinajstić information content (AvgIpc) is 3.36. The average molecular weight is 514 g/mol. The Morgan fingerprint density at radius 3 is 1.62 bits per heavy atom. The molecule has 2 heteroatoms. The minimum absolute atomic E-state index is 0.0472. The summed E-state index contributed by atoms with van der Waals surface area (Å²) in [6, 6.07) is 54.1. The van der Waals surface area contributed by atoms with Crippen molar-refractivity contribution in [2.45, 2.75) is 5.92 Å². The molecule has 40 heavy (non-hydrogen) atoms. The van der Waals surface area contributed by atoms with E-state index >= 15 is 0 Å². The first kappa shape index (κ1) is 23.9. The molecule has 0 N–H and O–H groups in total. The lowest BCUT2D eigenvalue weighted by Gasteiger charge is -2.26. The topological polar surface area (TPSA) is 20.3 Å². The van der Waals surface area contributed by atoms with E-state index in [1.807, 2.05) is 42.5 Å². The number of fused-ring (bicyclic) bond motifs is 3. The van der Waals surface area contributed by atoms with E-state index in [0.29, 0.717) is 11.1 Å². The number of hydrogen-bond acceptors (Lipinski definition) is 2. The highest BCUT2D eigenvalue weighted by molar-refractivity contribution is 6.09. The van der Waals surface area contributed by atoms with E-state index in [-0.39, 0.29) is 11.7 Å². The number of carbonyl (C=O) groups is 1. The van der Waals surface area contributed by atoms with Gasteiger partial charge in [-0.25, -0.2) is 0 Å². The van der Waals surface area contributed by atoms with Crippen molar-refractivity contribution < 1.29 is 4.79 Å². The summed E-state index contributed by atoms with van der Waals surface area (Å²) in [4.78, 5) is 15.3. The number of anilines is 3. The fraction of sp³-hybridized carbons (Fsp3) is 0.0263. The molecule has 0 amide bonds. The van der Waals surface area contributed by atoms with Crippen LogP contribution in [0.3, 0.4) is 0 Å². The Kier molecular flexibility index (Phi) is 6.07. The molecule has 1 aliphatic carbocycles. The van der Waals surface area contributed by atoms with Crippen LogP contribution in [0.4, 0.5) is 17.1 Å². The molecular weight excluding hydrogens is 486 g/mol. The van der Waals surface area contributed by atoms with Crippen LogP contribution in [0.1, 0.15) is 38.5 Å². The number of ketones is 1. The van der Waals surface area contributed by atoms with Crippen molar-refractivity contribution in [1.82, 2.24) is 0 Å². The van der Waals surface area contributed by atoms with E-state index in [1.54, 1.807) is 0 Å². The maximum atomic E-state index is 13.0. The van der Waals surface area contributed by atoms with Crippen LogP contribution in [-0.2, 0) is 0 Å². The quantitative estimate of drug-likeness (QED) is 0.206. The highest BCUT2D eigenvalue weighted by Crippen LogP contribution is 2.50. The molecule has 190 valence electrons. The van der Waals surface area contributed by atoms with E-state index in [9.17, 15) is 4.79 Å². The first-order valence-electron chi connectivity index (χ1n) is 13.6. The molecule has 0 bridgehead atoms. The third kappa shape index (κ3) is 4.20. The molecule has 0 aliphatic heterocycles. The van der Waals surface area contributed by atoms with Crippen LogP contribution in [0.5, 0.6) is 0 Å². The van der Waals surface area contributed by atoms with Crippen molar-refractivity contribution in [1.29, 1.82) is 0 Å². The molecule has 0 heterocycles. The second kappa shape index (κ2) is 10.2. The van der Waals surface area contributed by atoms with Gasteiger partial charge in [0.2, 0.25) is 0 Å². The zero-order chi connectivity index (χ0) is 26.9. The van der Waals surface area contributed by atoms with Crippen molar-refractivity contribution in [2.75, 3.05) is 4.90 Å². The van der Waals surface area contributed by atoms with Crippen LogP contribution in [0.25, 0.3) is 11.1 Å². The second-order valence-electron chi connectivity index (χ2n) is 10.1. The third-order valence-corrected chi connectivity index (χ3v) is 7.74. The van der Waals surface area contributed by atoms with Gasteiger partial charge in [-0.05, 0) is 64.2 Å². The Balaban J connectivity index is 1.30. The van der Waals surface area contributed by atoms with E-state index in [0.717, 1.165) is 17.1 Å². The lowest BCUT2D eigenvalue weighted by atomic mass is 9.88. The normalized spacial score (nSPS) is 13.3. The molecular formula is C38H27NO. The van der Waals surface area contributed by atoms with Crippen molar-refractivity contribution in [3.8, 4) is 11.1 Å². The van der Waals surface area contributed by atoms with E-state index in [4.69, 9.17) is 0 Å². The molecule has 0 radical (unpaired) electrons. The van der Waals surface area contributed by atoms with Gasteiger partial charge in [0.25, 0.3) is 0 Å². The van der Waals surface area contributed by atoms with E-state index in [1.165, 1.54) is 27.8 Å².